The third kappa shape index (κ3) is 4.80. The highest BCUT2D eigenvalue weighted by Gasteiger charge is 2.06. The molecule has 112 valence electrons. The summed E-state index contributed by atoms with van der Waals surface area (Å²) in [5, 5.41) is 13.6. The number of carboxylic acids is 1. The zero-order valence-electron chi connectivity index (χ0n) is 10.9. The molecular weight excluding hydrogens is 300 g/mol. The quantitative estimate of drug-likeness (QED) is 0.823. The van der Waals surface area contributed by atoms with Crippen molar-refractivity contribution < 1.29 is 23.4 Å². The third-order valence-corrected chi connectivity index (χ3v) is 3.61. The molecule has 0 fully saturated rings. The zero-order valence-corrected chi connectivity index (χ0v) is 11.7. The van der Waals surface area contributed by atoms with Crippen molar-refractivity contribution in [2.24, 2.45) is 0 Å². The fourth-order valence-electron chi connectivity index (χ4n) is 1.70. The minimum atomic E-state index is -2.82. The number of aromatic carboxylic acids is 1. The van der Waals surface area contributed by atoms with Crippen LogP contribution in [0.25, 0.3) is 0 Å². The highest BCUT2D eigenvalue weighted by molar-refractivity contribution is 7.10. The van der Waals surface area contributed by atoms with Gasteiger partial charge < -0.3 is 15.2 Å². The van der Waals surface area contributed by atoms with Gasteiger partial charge in [-0.3, -0.25) is 0 Å². The Bertz CT molecular complexity index is 599. The number of rotatable bonds is 7. The van der Waals surface area contributed by atoms with Crippen molar-refractivity contribution in [1.82, 2.24) is 5.32 Å². The number of alkyl halides is 2. The lowest BCUT2D eigenvalue weighted by Gasteiger charge is -2.06. The average Bonchev–Trinajstić information content (AvgIpc) is 2.89. The van der Waals surface area contributed by atoms with Gasteiger partial charge in [-0.1, -0.05) is 12.1 Å². The van der Waals surface area contributed by atoms with E-state index in [1.807, 2.05) is 0 Å². The van der Waals surface area contributed by atoms with Gasteiger partial charge in [0.25, 0.3) is 0 Å². The molecule has 0 aliphatic rings. The minimum absolute atomic E-state index is 0.123. The Kier molecular flexibility index (Phi) is 5.24. The van der Waals surface area contributed by atoms with E-state index in [9.17, 15) is 13.6 Å². The lowest BCUT2D eigenvalue weighted by molar-refractivity contribution is -0.0498. The fourth-order valence-corrected chi connectivity index (χ4v) is 2.53. The summed E-state index contributed by atoms with van der Waals surface area (Å²) < 4.78 is 28.3. The first-order valence-electron chi connectivity index (χ1n) is 6.10. The van der Waals surface area contributed by atoms with Crippen molar-refractivity contribution in [1.29, 1.82) is 0 Å². The van der Waals surface area contributed by atoms with Crippen LogP contribution in [0.5, 0.6) is 5.75 Å². The van der Waals surface area contributed by atoms with E-state index in [2.05, 4.69) is 10.1 Å². The molecule has 0 aliphatic heterocycles. The smallest absolute Gasteiger partial charge is 0.387 e. The molecule has 7 heteroatoms. The summed E-state index contributed by atoms with van der Waals surface area (Å²) in [6.07, 6.45) is 0. The molecule has 2 N–H and O–H groups in total. The molecule has 0 saturated heterocycles. The maximum absolute atomic E-state index is 12.0. The summed E-state index contributed by atoms with van der Waals surface area (Å²) in [4.78, 5) is 11.7. The van der Waals surface area contributed by atoms with Crippen LogP contribution < -0.4 is 10.1 Å². The summed E-state index contributed by atoms with van der Waals surface area (Å²) in [6.45, 7) is -1.72. The lowest BCUT2D eigenvalue weighted by atomic mass is 10.2. The van der Waals surface area contributed by atoms with E-state index in [4.69, 9.17) is 5.11 Å². The van der Waals surface area contributed by atoms with Gasteiger partial charge in [-0.2, -0.15) is 8.78 Å². The number of hydrogen-bond acceptors (Lipinski definition) is 4. The molecule has 0 amide bonds. The maximum atomic E-state index is 12.0. The highest BCUT2D eigenvalue weighted by atomic mass is 32.1. The summed E-state index contributed by atoms with van der Waals surface area (Å²) in [5.41, 5.74) is 1.21. The predicted molar refractivity (Wildman–Crippen MR) is 74.9 cm³/mol. The Morgan fingerprint density at radius 3 is 2.57 bits per heavy atom. The number of carboxylic acid groups (broad SMARTS) is 1. The standard InChI is InChI=1S/C14H13F2NO3S/c15-14(16)20-11-3-1-9(2-4-11)6-17-7-12-5-10(8-21-12)13(18)19/h1-5,8,14,17H,6-7H2,(H,18,19). The zero-order chi connectivity index (χ0) is 15.2. The second-order valence-electron chi connectivity index (χ2n) is 4.23. The molecule has 0 bridgehead atoms. The summed E-state index contributed by atoms with van der Waals surface area (Å²) in [5.74, 6) is -0.815. The molecule has 0 atom stereocenters. The van der Waals surface area contributed by atoms with Crippen molar-refractivity contribution in [2.45, 2.75) is 19.7 Å². The van der Waals surface area contributed by atoms with Crippen LogP contribution >= 0.6 is 11.3 Å². The van der Waals surface area contributed by atoms with E-state index in [1.165, 1.54) is 23.5 Å². The first kappa shape index (κ1) is 15.4. The molecule has 2 aromatic rings. The summed E-state index contributed by atoms with van der Waals surface area (Å²) in [6, 6.07) is 7.98. The molecule has 4 nitrogen and oxygen atoms in total. The number of halogens is 2. The molecule has 1 heterocycles. The van der Waals surface area contributed by atoms with E-state index < -0.39 is 12.6 Å². The summed E-state index contributed by atoms with van der Waals surface area (Å²) >= 11 is 1.38. The van der Waals surface area contributed by atoms with Gasteiger partial charge in [0.1, 0.15) is 5.75 Å². The molecule has 0 saturated carbocycles. The van der Waals surface area contributed by atoms with Gasteiger partial charge >= 0.3 is 12.6 Å². The minimum Gasteiger partial charge on any atom is -0.478 e. The number of thiophene rings is 1. The average molecular weight is 313 g/mol. The second kappa shape index (κ2) is 7.14. The van der Waals surface area contributed by atoms with Crippen LogP contribution in [-0.4, -0.2) is 17.7 Å². The Balaban J connectivity index is 1.81. The van der Waals surface area contributed by atoms with E-state index in [0.717, 1.165) is 10.4 Å². The van der Waals surface area contributed by atoms with E-state index in [-0.39, 0.29) is 11.3 Å². The van der Waals surface area contributed by atoms with Gasteiger partial charge in [0.15, 0.2) is 0 Å². The lowest BCUT2D eigenvalue weighted by Crippen LogP contribution is -2.11. The number of carbonyl (C=O) groups is 1. The summed E-state index contributed by atoms with van der Waals surface area (Å²) in [7, 11) is 0. The molecule has 0 spiro atoms. The van der Waals surface area contributed by atoms with Crippen molar-refractivity contribution >= 4 is 17.3 Å². The van der Waals surface area contributed by atoms with Crippen LogP contribution in [0.3, 0.4) is 0 Å². The number of nitrogens with one attached hydrogen (secondary N) is 1. The molecule has 1 aromatic carbocycles. The Morgan fingerprint density at radius 1 is 1.29 bits per heavy atom. The van der Waals surface area contributed by atoms with Crippen LogP contribution in [-0.2, 0) is 13.1 Å². The van der Waals surface area contributed by atoms with E-state index >= 15 is 0 Å². The van der Waals surface area contributed by atoms with Gasteiger partial charge in [-0.15, -0.1) is 11.3 Å². The van der Waals surface area contributed by atoms with Crippen LogP contribution in [0.1, 0.15) is 20.8 Å². The van der Waals surface area contributed by atoms with Gasteiger partial charge in [0.05, 0.1) is 5.56 Å². The van der Waals surface area contributed by atoms with Crippen LogP contribution in [0, 0.1) is 0 Å². The SMILES string of the molecule is O=C(O)c1csc(CNCc2ccc(OC(F)F)cc2)c1. The van der Waals surface area contributed by atoms with Crippen molar-refractivity contribution in [3.8, 4) is 5.75 Å². The van der Waals surface area contributed by atoms with Gasteiger partial charge in [-0.25, -0.2) is 4.79 Å². The molecular formula is C14H13F2NO3S. The molecule has 21 heavy (non-hydrogen) atoms. The molecule has 0 radical (unpaired) electrons. The van der Waals surface area contributed by atoms with Crippen LogP contribution in [0.2, 0.25) is 0 Å². The predicted octanol–water partition coefficient (Wildman–Crippen LogP) is 3.34. The van der Waals surface area contributed by atoms with E-state index in [0.29, 0.717) is 13.1 Å². The fraction of sp³-hybridized carbons (Fsp3) is 0.214. The first-order valence-corrected chi connectivity index (χ1v) is 6.98. The van der Waals surface area contributed by atoms with Gasteiger partial charge in [0, 0.05) is 23.3 Å². The monoisotopic (exact) mass is 313 g/mol. The highest BCUT2D eigenvalue weighted by Crippen LogP contribution is 2.16. The van der Waals surface area contributed by atoms with Crippen LogP contribution in [0.4, 0.5) is 8.78 Å². The normalized spacial score (nSPS) is 10.8. The number of benzene rings is 1. The van der Waals surface area contributed by atoms with Gasteiger partial charge in [0.2, 0.25) is 0 Å². The number of hydrogen-bond donors (Lipinski definition) is 2. The molecule has 1 aromatic heterocycles. The Hall–Kier alpha value is -1.99. The van der Waals surface area contributed by atoms with Crippen molar-refractivity contribution in [2.75, 3.05) is 0 Å². The topological polar surface area (TPSA) is 58.6 Å². The molecule has 0 aliphatic carbocycles. The van der Waals surface area contributed by atoms with Crippen molar-refractivity contribution in [3.05, 3.63) is 51.7 Å². The van der Waals surface area contributed by atoms with Crippen molar-refractivity contribution in [3.63, 3.8) is 0 Å². The van der Waals surface area contributed by atoms with Crippen LogP contribution in [0.15, 0.2) is 35.7 Å². The molecule has 2 rings (SSSR count). The Labute approximate surface area is 124 Å². The third-order valence-electron chi connectivity index (χ3n) is 2.68. The Morgan fingerprint density at radius 2 is 2.00 bits per heavy atom. The number of ether oxygens (including phenoxy) is 1. The molecule has 0 unspecified atom stereocenters. The second-order valence-corrected chi connectivity index (χ2v) is 5.23. The maximum Gasteiger partial charge on any atom is 0.387 e. The van der Waals surface area contributed by atoms with Gasteiger partial charge in [-0.05, 0) is 23.8 Å². The van der Waals surface area contributed by atoms with E-state index in [1.54, 1.807) is 23.6 Å². The first-order chi connectivity index (χ1) is 10.0. The largest absolute Gasteiger partial charge is 0.478 e.